The standard InChI is InChI=1S/C30H40N4O4/c1-22-11-8-10-18-33(22)30(36)21-34-25-13-7-6-12-24(25)32-28(34)14-5-4-9-17-31-29(35)20-23-15-16-26(37-2)27(19-23)38-3/h6-7,12-13,15-16,19,22H,4-5,8-11,14,17-18,20-21H2,1-3H3,(H,31,35). The van der Waals surface area contributed by atoms with E-state index in [-0.39, 0.29) is 11.8 Å². The predicted molar refractivity (Wildman–Crippen MR) is 149 cm³/mol. The van der Waals surface area contributed by atoms with Crippen LogP contribution in [0.25, 0.3) is 11.0 Å². The monoisotopic (exact) mass is 520 g/mol. The van der Waals surface area contributed by atoms with Gasteiger partial charge in [-0.25, -0.2) is 4.98 Å². The third kappa shape index (κ3) is 6.85. The lowest BCUT2D eigenvalue weighted by Gasteiger charge is -2.33. The van der Waals surface area contributed by atoms with Crippen LogP contribution in [0.4, 0.5) is 0 Å². The van der Waals surface area contributed by atoms with Crippen molar-refractivity contribution in [1.29, 1.82) is 0 Å². The smallest absolute Gasteiger partial charge is 0.242 e. The molecule has 1 atom stereocenters. The fourth-order valence-electron chi connectivity index (χ4n) is 5.24. The number of nitrogens with one attached hydrogen (secondary N) is 1. The number of ether oxygens (including phenoxy) is 2. The Hall–Kier alpha value is -3.55. The number of carbonyl (C=O) groups is 2. The first-order chi connectivity index (χ1) is 18.5. The number of para-hydroxylation sites is 2. The fraction of sp³-hybridized carbons (Fsp3) is 0.500. The molecule has 204 valence electrons. The van der Waals surface area contributed by atoms with Gasteiger partial charge in [0, 0.05) is 25.6 Å². The average molecular weight is 521 g/mol. The zero-order valence-electron chi connectivity index (χ0n) is 22.9. The Morgan fingerprint density at radius 2 is 1.84 bits per heavy atom. The van der Waals surface area contributed by atoms with Gasteiger partial charge < -0.3 is 24.3 Å². The molecule has 8 nitrogen and oxygen atoms in total. The molecule has 0 radical (unpaired) electrons. The number of nitrogens with zero attached hydrogens (tertiary/aromatic N) is 3. The number of rotatable bonds is 12. The van der Waals surface area contributed by atoms with Gasteiger partial charge in [-0.3, -0.25) is 9.59 Å². The van der Waals surface area contributed by atoms with E-state index < -0.39 is 0 Å². The highest BCUT2D eigenvalue weighted by Gasteiger charge is 2.24. The second-order valence-corrected chi connectivity index (χ2v) is 10.1. The van der Waals surface area contributed by atoms with Crippen LogP contribution in [0.3, 0.4) is 0 Å². The molecular formula is C30H40N4O4. The van der Waals surface area contributed by atoms with Crippen LogP contribution in [0, 0.1) is 0 Å². The molecule has 2 amide bonds. The van der Waals surface area contributed by atoms with Crippen molar-refractivity contribution in [2.75, 3.05) is 27.3 Å². The summed E-state index contributed by atoms with van der Waals surface area (Å²) < 4.78 is 12.7. The van der Waals surface area contributed by atoms with Gasteiger partial charge in [-0.05, 0) is 68.9 Å². The van der Waals surface area contributed by atoms with E-state index in [1.54, 1.807) is 14.2 Å². The Kier molecular flexibility index (Phi) is 9.62. The highest BCUT2D eigenvalue weighted by molar-refractivity contribution is 5.81. The van der Waals surface area contributed by atoms with E-state index in [1.807, 2.05) is 47.4 Å². The number of piperidine rings is 1. The molecule has 0 aliphatic carbocycles. The summed E-state index contributed by atoms with van der Waals surface area (Å²) in [5.74, 6) is 2.40. The third-order valence-corrected chi connectivity index (χ3v) is 7.36. The minimum Gasteiger partial charge on any atom is -0.493 e. The van der Waals surface area contributed by atoms with Gasteiger partial charge in [0.25, 0.3) is 0 Å². The SMILES string of the molecule is COc1ccc(CC(=O)NCCCCCc2nc3ccccc3n2CC(=O)N2CCCCC2C)cc1OC. The average Bonchev–Trinajstić information content (AvgIpc) is 3.27. The highest BCUT2D eigenvalue weighted by Crippen LogP contribution is 2.27. The Bertz CT molecular complexity index is 1240. The number of unbranched alkanes of at least 4 members (excludes halogenated alkanes) is 2. The van der Waals surface area contributed by atoms with Crippen molar-refractivity contribution in [2.45, 2.75) is 70.9 Å². The third-order valence-electron chi connectivity index (χ3n) is 7.36. The molecule has 1 saturated heterocycles. The zero-order valence-corrected chi connectivity index (χ0v) is 22.9. The summed E-state index contributed by atoms with van der Waals surface area (Å²) in [5, 5.41) is 3.01. The van der Waals surface area contributed by atoms with E-state index in [4.69, 9.17) is 14.5 Å². The molecule has 1 fully saturated rings. The number of likely N-dealkylation sites (tertiary alicyclic amines) is 1. The summed E-state index contributed by atoms with van der Waals surface area (Å²) in [5.41, 5.74) is 2.83. The Labute approximate surface area is 225 Å². The minimum absolute atomic E-state index is 0.00975. The van der Waals surface area contributed by atoms with Gasteiger partial charge in [-0.15, -0.1) is 0 Å². The molecule has 1 N–H and O–H groups in total. The van der Waals surface area contributed by atoms with E-state index in [1.165, 1.54) is 6.42 Å². The lowest BCUT2D eigenvalue weighted by atomic mass is 10.0. The number of aryl methyl sites for hydroxylation is 1. The van der Waals surface area contributed by atoms with Crippen molar-refractivity contribution in [2.24, 2.45) is 0 Å². The lowest BCUT2D eigenvalue weighted by molar-refractivity contribution is -0.135. The number of hydrogen-bond donors (Lipinski definition) is 1. The van der Waals surface area contributed by atoms with E-state index in [0.29, 0.717) is 37.1 Å². The number of fused-ring (bicyclic) bond motifs is 1. The molecule has 0 saturated carbocycles. The van der Waals surface area contributed by atoms with Gasteiger partial charge in [0.2, 0.25) is 11.8 Å². The molecule has 0 spiro atoms. The van der Waals surface area contributed by atoms with Crippen LogP contribution in [0.5, 0.6) is 11.5 Å². The van der Waals surface area contributed by atoms with Crippen LogP contribution in [0.15, 0.2) is 42.5 Å². The summed E-state index contributed by atoms with van der Waals surface area (Å²) >= 11 is 0. The predicted octanol–water partition coefficient (Wildman–Crippen LogP) is 4.53. The maximum Gasteiger partial charge on any atom is 0.242 e. The van der Waals surface area contributed by atoms with Crippen LogP contribution in [0.1, 0.15) is 56.8 Å². The van der Waals surface area contributed by atoms with E-state index in [2.05, 4.69) is 16.8 Å². The molecule has 0 bridgehead atoms. The van der Waals surface area contributed by atoms with E-state index in [0.717, 1.165) is 67.5 Å². The largest absolute Gasteiger partial charge is 0.493 e. The van der Waals surface area contributed by atoms with Crippen LogP contribution >= 0.6 is 0 Å². The molecule has 2 aromatic carbocycles. The van der Waals surface area contributed by atoms with E-state index in [9.17, 15) is 9.59 Å². The highest BCUT2D eigenvalue weighted by atomic mass is 16.5. The molecule has 3 aromatic rings. The first kappa shape index (κ1) is 27.5. The minimum atomic E-state index is -0.00975. The molecule has 8 heteroatoms. The maximum absolute atomic E-state index is 13.2. The topological polar surface area (TPSA) is 85.7 Å². The van der Waals surface area contributed by atoms with Gasteiger partial charge in [0.05, 0.1) is 31.7 Å². The van der Waals surface area contributed by atoms with Crippen molar-refractivity contribution in [3.8, 4) is 11.5 Å². The van der Waals surface area contributed by atoms with E-state index >= 15 is 0 Å². The molecular weight excluding hydrogens is 480 g/mol. The summed E-state index contributed by atoms with van der Waals surface area (Å²) in [7, 11) is 3.18. The number of aromatic nitrogens is 2. The first-order valence-electron chi connectivity index (χ1n) is 13.7. The van der Waals surface area contributed by atoms with Crippen molar-refractivity contribution in [3.05, 3.63) is 53.9 Å². The van der Waals surface area contributed by atoms with Crippen LogP contribution in [-0.4, -0.2) is 59.6 Å². The Morgan fingerprint density at radius 3 is 2.63 bits per heavy atom. The molecule has 4 rings (SSSR count). The van der Waals surface area contributed by atoms with Gasteiger partial charge in [0.15, 0.2) is 11.5 Å². The second kappa shape index (κ2) is 13.3. The number of methoxy groups -OCH3 is 2. The van der Waals surface area contributed by atoms with Gasteiger partial charge in [-0.2, -0.15) is 0 Å². The Balaban J connectivity index is 1.25. The molecule has 1 aliphatic rings. The summed E-state index contributed by atoms with van der Waals surface area (Å²) in [6.07, 6.45) is 7.26. The number of carbonyl (C=O) groups excluding carboxylic acids is 2. The molecule has 1 aliphatic heterocycles. The lowest BCUT2D eigenvalue weighted by Crippen LogP contribution is -2.43. The number of benzene rings is 2. The molecule has 38 heavy (non-hydrogen) atoms. The summed E-state index contributed by atoms with van der Waals surface area (Å²) in [6.45, 7) is 3.97. The van der Waals surface area contributed by atoms with Crippen molar-refractivity contribution < 1.29 is 19.1 Å². The maximum atomic E-state index is 13.2. The quantitative estimate of drug-likeness (QED) is 0.355. The zero-order chi connectivity index (χ0) is 26.9. The van der Waals surface area contributed by atoms with Gasteiger partial charge >= 0.3 is 0 Å². The number of imidazole rings is 1. The van der Waals surface area contributed by atoms with Gasteiger partial charge in [0.1, 0.15) is 12.4 Å². The molecule has 1 unspecified atom stereocenters. The fourth-order valence-corrected chi connectivity index (χ4v) is 5.24. The normalized spacial score (nSPS) is 15.4. The second-order valence-electron chi connectivity index (χ2n) is 10.1. The van der Waals surface area contributed by atoms with Crippen molar-refractivity contribution in [3.63, 3.8) is 0 Å². The first-order valence-corrected chi connectivity index (χ1v) is 13.7. The van der Waals surface area contributed by atoms with Crippen LogP contribution in [-0.2, 0) is 29.0 Å². The number of amides is 2. The van der Waals surface area contributed by atoms with Crippen LogP contribution in [0.2, 0.25) is 0 Å². The van der Waals surface area contributed by atoms with Crippen LogP contribution < -0.4 is 14.8 Å². The summed E-state index contributed by atoms with van der Waals surface area (Å²) in [4.78, 5) is 32.4. The van der Waals surface area contributed by atoms with Crippen molar-refractivity contribution >= 4 is 22.8 Å². The van der Waals surface area contributed by atoms with Crippen molar-refractivity contribution in [1.82, 2.24) is 19.8 Å². The Morgan fingerprint density at radius 1 is 1.03 bits per heavy atom. The molecule has 1 aromatic heterocycles. The van der Waals surface area contributed by atoms with Gasteiger partial charge in [-0.1, -0.05) is 24.6 Å². The summed E-state index contributed by atoms with van der Waals surface area (Å²) in [6, 6.07) is 13.9. The molecule has 2 heterocycles. The number of hydrogen-bond acceptors (Lipinski definition) is 5.